The smallest absolute Gasteiger partial charge is 0.319 e. The molecule has 51 heavy (non-hydrogen) atoms. The van der Waals surface area contributed by atoms with E-state index in [0.717, 1.165) is 63.7 Å². The van der Waals surface area contributed by atoms with Gasteiger partial charge in [-0.25, -0.2) is 13.8 Å². The second kappa shape index (κ2) is 12.4. The molecule has 3 aliphatic heterocycles. The molecule has 0 spiro atoms. The van der Waals surface area contributed by atoms with Gasteiger partial charge in [0.15, 0.2) is 5.82 Å². The number of piperazine rings is 1. The average molecular weight is 697 g/mol. The van der Waals surface area contributed by atoms with Crippen LogP contribution < -0.4 is 14.4 Å². The summed E-state index contributed by atoms with van der Waals surface area (Å²) in [5.74, 6) is 3.12. The maximum Gasteiger partial charge on any atom is 0.319 e. The first-order valence-corrected chi connectivity index (χ1v) is 18.1. The van der Waals surface area contributed by atoms with Crippen LogP contribution in [0, 0.1) is 41.2 Å². The number of terminal acetylenes is 1. The van der Waals surface area contributed by atoms with Crippen molar-refractivity contribution in [1.82, 2.24) is 24.8 Å². The Labute approximate surface area is 295 Å². The number of pyridine rings is 1. The average Bonchev–Trinajstić information content (AvgIpc) is 4.02. The SMILES string of the molecule is C#Cc1c(F)ccc2cc(O)cc(-c3nc(OC)c4c(N5CC6CCC(C5)N6CCCO)nc(OCC5(CN6CC7CC7C6)CC5)nc4c3F)c12. The zero-order valence-corrected chi connectivity index (χ0v) is 28.7. The molecule has 5 aliphatic rings. The number of piperidine rings is 1. The van der Waals surface area contributed by atoms with Crippen LogP contribution >= 0.6 is 0 Å². The van der Waals surface area contributed by atoms with Crippen molar-refractivity contribution in [2.75, 3.05) is 64.5 Å². The first-order valence-electron chi connectivity index (χ1n) is 18.1. The fourth-order valence-electron chi connectivity index (χ4n) is 9.10. The Bertz CT molecular complexity index is 2060. The van der Waals surface area contributed by atoms with Gasteiger partial charge in [0.1, 0.15) is 34.0 Å². The molecule has 0 radical (unpaired) electrons. The zero-order chi connectivity index (χ0) is 35.0. The molecule has 5 heterocycles. The summed E-state index contributed by atoms with van der Waals surface area (Å²) in [6, 6.07) is 6.10. The predicted octanol–water partition coefficient (Wildman–Crippen LogP) is 4.96. The Morgan fingerprint density at radius 3 is 2.47 bits per heavy atom. The topological polar surface area (TPSA) is 107 Å². The van der Waals surface area contributed by atoms with Gasteiger partial charge in [0, 0.05) is 74.3 Å². The number of aromatic hydroxyl groups is 1. The third-order valence-electron chi connectivity index (χ3n) is 11.9. The molecule has 2 aromatic carbocycles. The van der Waals surface area contributed by atoms with Gasteiger partial charge in [0.05, 0.1) is 19.3 Å². The summed E-state index contributed by atoms with van der Waals surface area (Å²) in [5.41, 5.74) is -0.129. The molecule has 2 aromatic heterocycles. The molecule has 2 bridgehead atoms. The third kappa shape index (κ3) is 5.70. The Kier molecular flexibility index (Phi) is 7.94. The van der Waals surface area contributed by atoms with Crippen LogP contribution in [0.2, 0.25) is 0 Å². The molecule has 2 aliphatic carbocycles. The number of methoxy groups -OCH3 is 1. The summed E-state index contributed by atoms with van der Waals surface area (Å²) in [7, 11) is 1.46. The molecule has 0 amide bonds. The zero-order valence-electron chi connectivity index (χ0n) is 28.7. The van der Waals surface area contributed by atoms with Crippen molar-refractivity contribution in [2.45, 2.75) is 50.6 Å². The fraction of sp³-hybridized carbons (Fsp3) is 0.513. The van der Waals surface area contributed by atoms with Crippen LogP contribution in [-0.4, -0.2) is 107 Å². The minimum atomic E-state index is -0.777. The van der Waals surface area contributed by atoms with Crippen molar-refractivity contribution < 1.29 is 28.5 Å². The van der Waals surface area contributed by atoms with Gasteiger partial charge in [-0.2, -0.15) is 9.97 Å². The molecule has 2 N–H and O–H groups in total. The normalized spacial score (nSPS) is 25.0. The van der Waals surface area contributed by atoms with Gasteiger partial charge < -0.3 is 29.5 Å². The second-order valence-electron chi connectivity index (χ2n) is 15.3. The molecule has 10 nitrogen and oxygen atoms in total. The van der Waals surface area contributed by atoms with Crippen molar-refractivity contribution in [3.8, 4) is 41.2 Å². The van der Waals surface area contributed by atoms with E-state index in [1.54, 1.807) is 0 Å². The number of rotatable bonds is 11. The van der Waals surface area contributed by atoms with E-state index < -0.39 is 11.6 Å². The number of phenols is 1. The highest BCUT2D eigenvalue weighted by molar-refractivity contribution is 6.04. The summed E-state index contributed by atoms with van der Waals surface area (Å²) in [6.07, 6.45) is 12.0. The van der Waals surface area contributed by atoms with Crippen molar-refractivity contribution in [3.05, 3.63) is 41.5 Å². The summed E-state index contributed by atoms with van der Waals surface area (Å²) in [6.45, 7) is 6.01. The highest BCUT2D eigenvalue weighted by Gasteiger charge is 2.51. The number of hydrogen-bond acceptors (Lipinski definition) is 10. The Morgan fingerprint density at radius 2 is 1.78 bits per heavy atom. The lowest BCUT2D eigenvalue weighted by atomic mass is 9.95. The summed E-state index contributed by atoms with van der Waals surface area (Å²) in [4.78, 5) is 21.5. The number of benzene rings is 2. The van der Waals surface area contributed by atoms with Crippen LogP contribution in [-0.2, 0) is 0 Å². The van der Waals surface area contributed by atoms with Crippen LogP contribution in [0.1, 0.15) is 44.1 Å². The summed E-state index contributed by atoms with van der Waals surface area (Å²) < 4.78 is 44.5. The number of hydrogen-bond donors (Lipinski definition) is 2. The van der Waals surface area contributed by atoms with Crippen molar-refractivity contribution in [1.29, 1.82) is 0 Å². The molecule has 4 atom stereocenters. The number of halogens is 2. The second-order valence-corrected chi connectivity index (χ2v) is 15.3. The largest absolute Gasteiger partial charge is 0.508 e. The van der Waals surface area contributed by atoms with Crippen LogP contribution in [0.5, 0.6) is 17.6 Å². The predicted molar refractivity (Wildman–Crippen MR) is 189 cm³/mol. The molecule has 4 unspecified atom stereocenters. The summed E-state index contributed by atoms with van der Waals surface area (Å²) in [5, 5.41) is 21.2. The number of aliphatic hydroxyl groups is 1. The van der Waals surface area contributed by atoms with Gasteiger partial charge in [-0.3, -0.25) is 4.90 Å². The molecule has 266 valence electrons. The molecule has 5 fully saturated rings. The highest BCUT2D eigenvalue weighted by Crippen LogP contribution is 2.51. The van der Waals surface area contributed by atoms with Crippen LogP contribution in [0.25, 0.3) is 32.9 Å². The van der Waals surface area contributed by atoms with Crippen molar-refractivity contribution in [2.24, 2.45) is 17.3 Å². The van der Waals surface area contributed by atoms with Crippen LogP contribution in [0.15, 0.2) is 24.3 Å². The minimum Gasteiger partial charge on any atom is -0.508 e. The van der Waals surface area contributed by atoms with Crippen molar-refractivity contribution >= 4 is 27.5 Å². The van der Waals surface area contributed by atoms with E-state index in [4.69, 9.17) is 25.9 Å². The molecule has 4 aromatic rings. The number of aromatic nitrogens is 3. The number of ether oxygens (including phenoxy) is 2. The van der Waals surface area contributed by atoms with E-state index in [-0.39, 0.29) is 69.5 Å². The monoisotopic (exact) mass is 696 g/mol. The van der Waals surface area contributed by atoms with Crippen LogP contribution in [0.4, 0.5) is 14.6 Å². The maximum absolute atomic E-state index is 17.2. The fourth-order valence-corrected chi connectivity index (χ4v) is 9.10. The number of fused-ring (bicyclic) bond motifs is 5. The Morgan fingerprint density at radius 1 is 1.02 bits per heavy atom. The van der Waals surface area contributed by atoms with Gasteiger partial charge in [-0.15, -0.1) is 6.42 Å². The van der Waals surface area contributed by atoms with E-state index >= 15 is 8.78 Å². The van der Waals surface area contributed by atoms with E-state index in [2.05, 4.69) is 25.6 Å². The number of phenolic OH excluding ortho intramolecular Hbond substituents is 1. The summed E-state index contributed by atoms with van der Waals surface area (Å²) >= 11 is 0. The van der Waals surface area contributed by atoms with Gasteiger partial charge in [-0.1, -0.05) is 12.0 Å². The molecule has 9 rings (SSSR count). The van der Waals surface area contributed by atoms with Crippen molar-refractivity contribution in [3.63, 3.8) is 0 Å². The lowest BCUT2D eigenvalue weighted by Crippen LogP contribution is -2.54. The van der Waals surface area contributed by atoms with E-state index in [0.29, 0.717) is 42.7 Å². The standard InChI is InChI=1S/C39H42F2N6O4/c1-3-28-30(40)8-5-22-14-27(49)15-29(31(22)28)34-33(41)35-32(37(42-34)50-2)36(46-18-25-6-7-26(19-46)47(25)11-4-12-48)44-38(43-35)51-21-39(9-10-39)20-45-16-23-13-24(23)17-45/h1,5,8,14-15,23-26,48-49H,4,6-7,9-13,16-21H2,2H3. The molecule has 12 heteroatoms. The quantitative estimate of drug-likeness (QED) is 0.209. The van der Waals surface area contributed by atoms with E-state index in [9.17, 15) is 10.2 Å². The first kappa shape index (κ1) is 32.6. The number of anilines is 1. The molecule has 3 saturated heterocycles. The Balaban J connectivity index is 1.15. The van der Waals surface area contributed by atoms with Crippen LogP contribution in [0.3, 0.4) is 0 Å². The van der Waals surface area contributed by atoms with Gasteiger partial charge in [0.25, 0.3) is 0 Å². The highest BCUT2D eigenvalue weighted by atomic mass is 19.1. The van der Waals surface area contributed by atoms with Gasteiger partial charge in [-0.05, 0) is 73.9 Å². The molecule has 2 saturated carbocycles. The first-order chi connectivity index (χ1) is 24.8. The molecular formula is C39H42F2N6O4. The van der Waals surface area contributed by atoms with E-state index in [1.807, 2.05) is 0 Å². The number of aliphatic hydroxyl groups excluding tert-OH is 1. The molecular weight excluding hydrogens is 654 g/mol. The number of nitrogens with zero attached hydrogens (tertiary/aromatic N) is 6. The van der Waals surface area contributed by atoms with Gasteiger partial charge >= 0.3 is 6.01 Å². The van der Waals surface area contributed by atoms with E-state index in [1.165, 1.54) is 37.8 Å². The lowest BCUT2D eigenvalue weighted by Gasteiger charge is -2.41. The third-order valence-corrected chi connectivity index (χ3v) is 11.9. The minimum absolute atomic E-state index is 0.0303. The maximum atomic E-state index is 17.2. The van der Waals surface area contributed by atoms with Gasteiger partial charge in [0.2, 0.25) is 5.88 Å². The lowest BCUT2D eigenvalue weighted by molar-refractivity contribution is 0.151. The number of likely N-dealkylation sites (tertiary alicyclic amines) is 1. The Hall–Kier alpha value is -4.31.